The number of amides is 1. The van der Waals surface area contributed by atoms with Gasteiger partial charge in [-0.05, 0) is 22.0 Å². The normalized spacial score (nSPS) is 9.62. The molecule has 1 aromatic carbocycles. The lowest BCUT2D eigenvalue weighted by Crippen LogP contribution is -2.12. The summed E-state index contributed by atoms with van der Waals surface area (Å²) >= 11 is 2.83. The number of hydrogen-bond donors (Lipinski definition) is 1. The van der Waals surface area contributed by atoms with Gasteiger partial charge in [-0.2, -0.15) is 0 Å². The third-order valence-electron chi connectivity index (χ3n) is 1.78. The van der Waals surface area contributed by atoms with Gasteiger partial charge in [0.05, 0.1) is 10.2 Å². The first kappa shape index (κ1) is 12.7. The van der Waals surface area contributed by atoms with E-state index in [-0.39, 0.29) is 23.0 Å². The first-order valence-corrected chi connectivity index (χ1v) is 5.21. The molecule has 0 saturated heterocycles. The van der Waals surface area contributed by atoms with Crippen LogP contribution in [0.2, 0.25) is 0 Å². The quantitative estimate of drug-likeness (QED) is 0.672. The summed E-state index contributed by atoms with van der Waals surface area (Å²) < 4.78 is 26.3. The van der Waals surface area contributed by atoms with Crippen molar-refractivity contribution >= 4 is 27.5 Å². The Hall–Kier alpha value is -1.41. The lowest BCUT2D eigenvalue weighted by molar-refractivity contribution is -0.116. The van der Waals surface area contributed by atoms with Gasteiger partial charge in [-0.15, -0.1) is 12.3 Å². The summed E-state index contributed by atoms with van der Waals surface area (Å²) in [6.45, 7) is 0. The number of carbonyl (C=O) groups is 1. The number of anilines is 1. The van der Waals surface area contributed by atoms with Crippen LogP contribution in [0.4, 0.5) is 14.5 Å². The predicted octanol–water partition coefficient (Wildman–Crippen LogP) is 3.08. The largest absolute Gasteiger partial charge is 0.323 e. The Morgan fingerprint density at radius 1 is 1.44 bits per heavy atom. The molecular weight excluding hydrogens is 280 g/mol. The van der Waals surface area contributed by atoms with Crippen LogP contribution in [0.3, 0.4) is 0 Å². The second-order valence-electron chi connectivity index (χ2n) is 3.00. The fourth-order valence-corrected chi connectivity index (χ4v) is 1.33. The average molecular weight is 288 g/mol. The van der Waals surface area contributed by atoms with Gasteiger partial charge in [0.2, 0.25) is 5.91 Å². The number of nitrogens with one attached hydrogen (secondary N) is 1. The molecule has 5 heteroatoms. The Balaban J connectivity index is 2.78. The molecule has 16 heavy (non-hydrogen) atoms. The Morgan fingerprint density at radius 3 is 2.75 bits per heavy atom. The molecule has 0 heterocycles. The maximum atomic E-state index is 13.3. The van der Waals surface area contributed by atoms with Crippen molar-refractivity contribution in [1.29, 1.82) is 0 Å². The van der Waals surface area contributed by atoms with Gasteiger partial charge in [-0.3, -0.25) is 4.79 Å². The van der Waals surface area contributed by atoms with E-state index in [2.05, 4.69) is 27.2 Å². The first-order valence-electron chi connectivity index (χ1n) is 4.42. The van der Waals surface area contributed by atoms with E-state index in [9.17, 15) is 13.6 Å². The standard InChI is InChI=1S/C11H8BrF2NO/c1-2-3-4-11(16)15-10-6-8(13)7(12)5-9(10)14/h1,5-6H,3-4H2,(H,15,16). The van der Waals surface area contributed by atoms with Crippen LogP contribution < -0.4 is 5.32 Å². The molecule has 0 atom stereocenters. The highest BCUT2D eigenvalue weighted by Crippen LogP contribution is 2.23. The van der Waals surface area contributed by atoms with Crippen molar-refractivity contribution in [3.05, 3.63) is 28.2 Å². The molecule has 2 nitrogen and oxygen atoms in total. The zero-order valence-electron chi connectivity index (χ0n) is 8.19. The summed E-state index contributed by atoms with van der Waals surface area (Å²) in [7, 11) is 0. The van der Waals surface area contributed by atoms with Crippen LogP contribution in [0.5, 0.6) is 0 Å². The molecule has 84 valence electrons. The minimum atomic E-state index is -0.706. The van der Waals surface area contributed by atoms with Crippen LogP contribution in [-0.4, -0.2) is 5.91 Å². The van der Waals surface area contributed by atoms with Gasteiger partial charge >= 0.3 is 0 Å². The fraction of sp³-hybridized carbons (Fsp3) is 0.182. The molecule has 0 saturated carbocycles. The van der Waals surface area contributed by atoms with E-state index in [1.54, 1.807) is 0 Å². The minimum absolute atomic E-state index is 0.00613. The topological polar surface area (TPSA) is 29.1 Å². The first-order chi connectivity index (χ1) is 7.54. The monoisotopic (exact) mass is 287 g/mol. The summed E-state index contributed by atoms with van der Waals surface area (Å²) in [4.78, 5) is 11.2. The molecule has 1 amide bonds. The lowest BCUT2D eigenvalue weighted by atomic mass is 10.2. The molecule has 0 fully saturated rings. The number of hydrogen-bond acceptors (Lipinski definition) is 1. The van der Waals surface area contributed by atoms with Gasteiger partial charge in [-0.1, -0.05) is 0 Å². The van der Waals surface area contributed by atoms with Gasteiger partial charge in [0, 0.05) is 18.9 Å². The summed E-state index contributed by atoms with van der Waals surface area (Å²) in [5.41, 5.74) is -0.192. The van der Waals surface area contributed by atoms with Crippen LogP contribution in [0.15, 0.2) is 16.6 Å². The van der Waals surface area contributed by atoms with E-state index in [0.717, 1.165) is 12.1 Å². The van der Waals surface area contributed by atoms with Crippen molar-refractivity contribution in [2.24, 2.45) is 0 Å². The molecule has 1 aromatic rings. The summed E-state index contributed by atoms with van der Waals surface area (Å²) in [6.07, 6.45) is 5.31. The van der Waals surface area contributed by atoms with Crippen molar-refractivity contribution < 1.29 is 13.6 Å². The summed E-state index contributed by atoms with van der Waals surface area (Å²) in [5.74, 6) is 0.487. The molecule has 0 unspecified atom stereocenters. The zero-order valence-corrected chi connectivity index (χ0v) is 9.77. The van der Waals surface area contributed by atoms with Gasteiger partial charge < -0.3 is 5.32 Å². The van der Waals surface area contributed by atoms with Crippen molar-refractivity contribution in [2.75, 3.05) is 5.32 Å². The molecule has 0 aliphatic rings. The SMILES string of the molecule is C#CCCC(=O)Nc1cc(F)c(Br)cc1F. The van der Waals surface area contributed by atoms with E-state index < -0.39 is 17.5 Å². The lowest BCUT2D eigenvalue weighted by Gasteiger charge is -2.06. The molecule has 0 aliphatic carbocycles. The predicted molar refractivity (Wildman–Crippen MR) is 60.8 cm³/mol. The second-order valence-corrected chi connectivity index (χ2v) is 3.85. The fourth-order valence-electron chi connectivity index (χ4n) is 1.02. The highest BCUT2D eigenvalue weighted by molar-refractivity contribution is 9.10. The molecule has 0 aliphatic heterocycles. The third kappa shape index (κ3) is 3.31. The van der Waals surface area contributed by atoms with Crippen molar-refractivity contribution in [2.45, 2.75) is 12.8 Å². The summed E-state index contributed by atoms with van der Waals surface area (Å²) in [6, 6.07) is 1.86. The minimum Gasteiger partial charge on any atom is -0.323 e. The van der Waals surface area contributed by atoms with Crippen molar-refractivity contribution in [3.63, 3.8) is 0 Å². The maximum absolute atomic E-state index is 13.3. The Labute approximate surface area is 100 Å². The van der Waals surface area contributed by atoms with E-state index in [0.29, 0.717) is 0 Å². The Bertz CT molecular complexity index is 454. The Kier molecular flexibility index (Phi) is 4.44. The van der Waals surface area contributed by atoms with E-state index in [1.807, 2.05) is 0 Å². The molecule has 0 radical (unpaired) electrons. The molecule has 0 bridgehead atoms. The van der Waals surface area contributed by atoms with Gasteiger partial charge in [0.15, 0.2) is 0 Å². The van der Waals surface area contributed by atoms with Crippen LogP contribution in [0, 0.1) is 24.0 Å². The van der Waals surface area contributed by atoms with Crippen LogP contribution in [-0.2, 0) is 4.79 Å². The Morgan fingerprint density at radius 2 is 2.12 bits per heavy atom. The number of rotatable bonds is 3. The number of benzene rings is 1. The van der Waals surface area contributed by atoms with Crippen LogP contribution in [0.1, 0.15) is 12.8 Å². The molecular formula is C11H8BrF2NO. The van der Waals surface area contributed by atoms with E-state index >= 15 is 0 Å². The van der Waals surface area contributed by atoms with E-state index in [4.69, 9.17) is 6.42 Å². The van der Waals surface area contributed by atoms with Crippen molar-refractivity contribution in [1.82, 2.24) is 0 Å². The third-order valence-corrected chi connectivity index (χ3v) is 2.39. The van der Waals surface area contributed by atoms with E-state index in [1.165, 1.54) is 0 Å². The smallest absolute Gasteiger partial charge is 0.225 e. The highest BCUT2D eigenvalue weighted by atomic mass is 79.9. The second kappa shape index (κ2) is 5.61. The highest BCUT2D eigenvalue weighted by Gasteiger charge is 2.10. The molecule has 0 spiro atoms. The number of terminal acetylenes is 1. The van der Waals surface area contributed by atoms with Crippen LogP contribution >= 0.6 is 15.9 Å². The van der Waals surface area contributed by atoms with Crippen LogP contribution in [0.25, 0.3) is 0 Å². The number of halogens is 3. The van der Waals surface area contributed by atoms with Gasteiger partial charge in [0.1, 0.15) is 11.6 Å². The van der Waals surface area contributed by atoms with Gasteiger partial charge in [0.25, 0.3) is 0 Å². The number of carbonyl (C=O) groups excluding carboxylic acids is 1. The zero-order chi connectivity index (χ0) is 12.1. The summed E-state index contributed by atoms with van der Waals surface area (Å²) in [5, 5.41) is 2.24. The van der Waals surface area contributed by atoms with Crippen molar-refractivity contribution in [3.8, 4) is 12.3 Å². The molecule has 1 N–H and O–H groups in total. The average Bonchev–Trinajstić information content (AvgIpc) is 2.23. The molecule has 0 aromatic heterocycles. The van der Waals surface area contributed by atoms with Gasteiger partial charge in [-0.25, -0.2) is 8.78 Å². The maximum Gasteiger partial charge on any atom is 0.225 e. The molecule has 1 rings (SSSR count).